The standard InChI is InChI=1S/C12H21N3O3S2/c1-10(2)15-8-11(7-13-15)20(17,18)14-5-6-19(16)12(3,4)9-14/h7-8,10H,5-6,9H2,1-4H3. The molecule has 0 saturated carbocycles. The van der Waals surface area contributed by atoms with E-state index in [1.807, 2.05) is 27.7 Å². The van der Waals surface area contributed by atoms with Crippen molar-refractivity contribution in [3.8, 4) is 0 Å². The first-order valence-electron chi connectivity index (χ1n) is 6.57. The fraction of sp³-hybridized carbons (Fsp3) is 0.750. The Hall–Kier alpha value is -0.730. The maximum atomic E-state index is 12.6. The van der Waals surface area contributed by atoms with Gasteiger partial charge in [-0.25, -0.2) is 8.42 Å². The second-order valence-corrected chi connectivity index (χ2v) is 10.0. The van der Waals surface area contributed by atoms with Crippen molar-refractivity contribution in [2.45, 2.75) is 43.4 Å². The Bertz CT molecular complexity index is 620. The van der Waals surface area contributed by atoms with Crippen molar-refractivity contribution in [1.29, 1.82) is 0 Å². The van der Waals surface area contributed by atoms with Gasteiger partial charge in [-0.2, -0.15) is 9.40 Å². The van der Waals surface area contributed by atoms with Crippen LogP contribution in [0.5, 0.6) is 0 Å². The van der Waals surface area contributed by atoms with Crippen LogP contribution in [0.3, 0.4) is 0 Å². The van der Waals surface area contributed by atoms with Gasteiger partial charge in [-0.1, -0.05) is 0 Å². The van der Waals surface area contributed by atoms with Crippen molar-refractivity contribution >= 4 is 20.8 Å². The summed E-state index contributed by atoms with van der Waals surface area (Å²) >= 11 is 0. The van der Waals surface area contributed by atoms with Crippen LogP contribution in [0.15, 0.2) is 17.3 Å². The molecule has 0 aromatic carbocycles. The normalized spacial score (nSPS) is 24.1. The predicted molar refractivity (Wildman–Crippen MR) is 78.5 cm³/mol. The van der Waals surface area contributed by atoms with E-state index >= 15 is 0 Å². The summed E-state index contributed by atoms with van der Waals surface area (Å²) in [7, 11) is -4.55. The average molecular weight is 319 g/mol. The van der Waals surface area contributed by atoms with Gasteiger partial charge >= 0.3 is 0 Å². The maximum Gasteiger partial charge on any atom is 0.246 e. The van der Waals surface area contributed by atoms with E-state index in [-0.39, 0.29) is 17.5 Å². The van der Waals surface area contributed by atoms with Crippen LogP contribution in [0.2, 0.25) is 0 Å². The molecular formula is C12H21N3O3S2. The minimum absolute atomic E-state index is 0.115. The molecule has 1 atom stereocenters. The SMILES string of the molecule is CC(C)n1cc(S(=O)(=O)N2CCS(=O)C(C)(C)C2)cn1. The van der Waals surface area contributed by atoms with E-state index in [1.165, 1.54) is 10.5 Å². The molecule has 2 rings (SSSR count). The van der Waals surface area contributed by atoms with Crippen molar-refractivity contribution in [3.63, 3.8) is 0 Å². The molecule has 1 aromatic rings. The van der Waals surface area contributed by atoms with Crippen molar-refractivity contribution in [1.82, 2.24) is 14.1 Å². The first kappa shape index (κ1) is 15.7. The van der Waals surface area contributed by atoms with Crippen LogP contribution in [-0.4, -0.2) is 50.3 Å². The minimum Gasteiger partial charge on any atom is -0.269 e. The summed E-state index contributed by atoms with van der Waals surface area (Å²) in [6.07, 6.45) is 2.94. The van der Waals surface area contributed by atoms with E-state index < -0.39 is 25.6 Å². The Kier molecular flexibility index (Phi) is 4.10. The smallest absolute Gasteiger partial charge is 0.246 e. The van der Waals surface area contributed by atoms with Gasteiger partial charge in [0.15, 0.2) is 0 Å². The molecule has 0 bridgehead atoms. The van der Waals surface area contributed by atoms with E-state index in [9.17, 15) is 12.6 Å². The average Bonchev–Trinajstić information content (AvgIpc) is 2.82. The van der Waals surface area contributed by atoms with Gasteiger partial charge in [0.25, 0.3) is 0 Å². The predicted octanol–water partition coefficient (Wildman–Crippen LogP) is 0.996. The fourth-order valence-corrected chi connectivity index (χ4v) is 5.11. The number of sulfonamides is 1. The number of aromatic nitrogens is 2. The Morgan fingerprint density at radius 2 is 2.05 bits per heavy atom. The van der Waals surface area contributed by atoms with Gasteiger partial charge in [0.2, 0.25) is 10.0 Å². The van der Waals surface area contributed by atoms with Crippen molar-refractivity contribution in [2.24, 2.45) is 0 Å². The lowest BCUT2D eigenvalue weighted by Gasteiger charge is -2.36. The second kappa shape index (κ2) is 5.23. The van der Waals surface area contributed by atoms with Gasteiger partial charge in [0.1, 0.15) is 4.90 Å². The third kappa shape index (κ3) is 2.82. The first-order valence-corrected chi connectivity index (χ1v) is 9.33. The summed E-state index contributed by atoms with van der Waals surface area (Å²) < 4.78 is 39.6. The second-order valence-electron chi connectivity index (χ2n) is 5.90. The number of hydrogen-bond acceptors (Lipinski definition) is 4. The van der Waals surface area contributed by atoms with Gasteiger partial charge < -0.3 is 0 Å². The molecular weight excluding hydrogens is 298 g/mol. The van der Waals surface area contributed by atoms with Gasteiger partial charge in [-0.05, 0) is 27.7 Å². The van der Waals surface area contributed by atoms with Crippen molar-refractivity contribution in [2.75, 3.05) is 18.8 Å². The molecule has 2 heterocycles. The molecule has 0 N–H and O–H groups in total. The Labute approximate surface area is 122 Å². The Balaban J connectivity index is 2.28. The molecule has 1 saturated heterocycles. The summed E-state index contributed by atoms with van der Waals surface area (Å²) in [4.78, 5) is 0.203. The lowest BCUT2D eigenvalue weighted by Crippen LogP contribution is -2.51. The van der Waals surface area contributed by atoms with Crippen LogP contribution in [0.25, 0.3) is 0 Å². The van der Waals surface area contributed by atoms with Crippen LogP contribution in [-0.2, 0) is 20.8 Å². The number of rotatable bonds is 3. The van der Waals surface area contributed by atoms with E-state index in [0.29, 0.717) is 12.3 Å². The molecule has 1 aliphatic rings. The van der Waals surface area contributed by atoms with Crippen molar-refractivity contribution < 1.29 is 12.6 Å². The highest BCUT2D eigenvalue weighted by molar-refractivity contribution is 7.89. The molecule has 6 nitrogen and oxygen atoms in total. The lowest BCUT2D eigenvalue weighted by atomic mass is 10.2. The highest BCUT2D eigenvalue weighted by Crippen LogP contribution is 2.25. The van der Waals surface area contributed by atoms with Crippen LogP contribution in [0.4, 0.5) is 0 Å². The van der Waals surface area contributed by atoms with Gasteiger partial charge in [0.05, 0.1) is 10.9 Å². The summed E-state index contributed by atoms with van der Waals surface area (Å²) in [6.45, 7) is 8.12. The summed E-state index contributed by atoms with van der Waals surface area (Å²) in [5, 5.41) is 4.08. The summed E-state index contributed by atoms with van der Waals surface area (Å²) in [5.41, 5.74) is 0. The lowest BCUT2D eigenvalue weighted by molar-refractivity contribution is 0.378. The molecule has 20 heavy (non-hydrogen) atoms. The van der Waals surface area contributed by atoms with Crippen LogP contribution >= 0.6 is 0 Å². The maximum absolute atomic E-state index is 12.6. The summed E-state index contributed by atoms with van der Waals surface area (Å²) in [5.74, 6) is 0.380. The molecule has 0 radical (unpaired) electrons. The van der Waals surface area contributed by atoms with E-state index in [1.54, 1.807) is 10.9 Å². The monoisotopic (exact) mass is 319 g/mol. The highest BCUT2D eigenvalue weighted by atomic mass is 32.2. The number of nitrogens with zero attached hydrogens (tertiary/aromatic N) is 3. The zero-order valence-electron chi connectivity index (χ0n) is 12.2. The van der Waals surface area contributed by atoms with Gasteiger partial charge in [-0.3, -0.25) is 8.89 Å². The highest BCUT2D eigenvalue weighted by Gasteiger charge is 2.39. The molecule has 0 amide bonds. The summed E-state index contributed by atoms with van der Waals surface area (Å²) in [6, 6.07) is 0.115. The minimum atomic E-state index is -3.55. The molecule has 1 aromatic heterocycles. The molecule has 1 fully saturated rings. The van der Waals surface area contributed by atoms with Gasteiger partial charge in [0, 0.05) is 41.9 Å². The van der Waals surface area contributed by atoms with E-state index in [2.05, 4.69) is 5.10 Å². The fourth-order valence-electron chi connectivity index (χ4n) is 2.13. The molecule has 8 heteroatoms. The molecule has 1 aliphatic heterocycles. The molecule has 114 valence electrons. The van der Waals surface area contributed by atoms with E-state index in [4.69, 9.17) is 0 Å². The first-order chi connectivity index (χ1) is 9.14. The molecule has 1 unspecified atom stereocenters. The zero-order chi connectivity index (χ0) is 15.1. The largest absolute Gasteiger partial charge is 0.269 e. The van der Waals surface area contributed by atoms with E-state index in [0.717, 1.165) is 0 Å². The third-order valence-electron chi connectivity index (χ3n) is 3.44. The number of hydrogen-bond donors (Lipinski definition) is 0. The van der Waals surface area contributed by atoms with Crippen molar-refractivity contribution in [3.05, 3.63) is 12.4 Å². The Morgan fingerprint density at radius 3 is 2.55 bits per heavy atom. The third-order valence-corrected chi connectivity index (χ3v) is 7.16. The topological polar surface area (TPSA) is 72.3 Å². The van der Waals surface area contributed by atoms with Gasteiger partial charge in [-0.15, -0.1) is 0 Å². The van der Waals surface area contributed by atoms with Crippen LogP contribution in [0, 0.1) is 0 Å². The molecule has 0 spiro atoms. The van der Waals surface area contributed by atoms with Crippen LogP contribution < -0.4 is 0 Å². The zero-order valence-corrected chi connectivity index (χ0v) is 13.9. The molecule has 0 aliphatic carbocycles. The Morgan fingerprint density at radius 1 is 1.40 bits per heavy atom. The van der Waals surface area contributed by atoms with Crippen LogP contribution in [0.1, 0.15) is 33.7 Å². The quantitative estimate of drug-likeness (QED) is 0.833.